The van der Waals surface area contributed by atoms with Crippen LogP contribution < -0.4 is 9.47 Å². The maximum absolute atomic E-state index is 6.47. The molecule has 2 heterocycles. The molecule has 0 amide bonds. The van der Waals surface area contributed by atoms with Gasteiger partial charge in [-0.2, -0.15) is 0 Å². The smallest absolute Gasteiger partial charge is 0.236 e. The Morgan fingerprint density at radius 3 is 2.22 bits per heavy atom. The molecule has 0 aliphatic heterocycles. The Hall–Kier alpha value is -3.27. The highest BCUT2D eigenvalue weighted by Gasteiger charge is 2.19. The second-order valence-corrected chi connectivity index (χ2v) is 12.5. The van der Waals surface area contributed by atoms with E-state index in [1.807, 2.05) is 18.2 Å². The number of nitrogens with one attached hydrogen (secondary N) is 1. The van der Waals surface area contributed by atoms with E-state index in [1.54, 1.807) is 42.6 Å². The summed E-state index contributed by atoms with van der Waals surface area (Å²) in [4.78, 5) is 8.80. The second kappa shape index (κ2) is 17.4. The summed E-state index contributed by atoms with van der Waals surface area (Å²) in [5.74, 6) is 1.47. The fourth-order valence-corrected chi connectivity index (χ4v) is 5.08. The van der Waals surface area contributed by atoms with Crippen molar-refractivity contribution >= 4 is 58.9 Å². The van der Waals surface area contributed by atoms with E-state index >= 15 is 0 Å². The molecule has 0 saturated heterocycles. The van der Waals surface area contributed by atoms with E-state index in [0.717, 1.165) is 18.4 Å². The number of benzene rings is 2. The summed E-state index contributed by atoms with van der Waals surface area (Å²) in [6, 6.07) is 12.6. The molecule has 0 spiro atoms. The Bertz CT molecular complexity index is 1550. The zero-order valence-electron chi connectivity index (χ0n) is 26.1. The number of hydrogen-bond donors (Lipinski definition) is 1. The highest BCUT2D eigenvalue weighted by Crippen LogP contribution is 2.32. The Kier molecular flexibility index (Phi) is 13.4. The molecule has 1 N–H and O–H groups in total. The van der Waals surface area contributed by atoms with E-state index in [-0.39, 0.29) is 10.9 Å². The van der Waals surface area contributed by atoms with E-state index < -0.39 is 5.72 Å². The van der Waals surface area contributed by atoms with Crippen molar-refractivity contribution in [1.82, 2.24) is 19.8 Å². The molecule has 0 radical (unpaired) electrons. The first kappa shape index (κ1) is 34.6. The van der Waals surface area contributed by atoms with Gasteiger partial charge in [0.2, 0.25) is 5.88 Å². The summed E-state index contributed by atoms with van der Waals surface area (Å²) < 4.78 is 19.1. The number of aromatic amines is 1. The van der Waals surface area contributed by atoms with E-state index in [1.165, 1.54) is 64.2 Å². The van der Waals surface area contributed by atoms with Gasteiger partial charge in [0.05, 0.1) is 6.61 Å². The van der Waals surface area contributed by atoms with Crippen molar-refractivity contribution < 1.29 is 14.2 Å². The van der Waals surface area contributed by atoms with Crippen LogP contribution in [0.15, 0.2) is 52.4 Å². The summed E-state index contributed by atoms with van der Waals surface area (Å²) in [5, 5.41) is 12.9. The van der Waals surface area contributed by atoms with Gasteiger partial charge in [0.25, 0.3) is 0 Å². The zero-order chi connectivity index (χ0) is 32.1. The van der Waals surface area contributed by atoms with Gasteiger partial charge >= 0.3 is 0 Å². The largest absolute Gasteiger partial charge is 0.491 e. The summed E-state index contributed by atoms with van der Waals surface area (Å²) >= 11 is 18.7. The highest BCUT2D eigenvalue weighted by atomic mass is 35.5. The summed E-state index contributed by atoms with van der Waals surface area (Å²) in [6.45, 7) is 6.41. The van der Waals surface area contributed by atoms with Crippen molar-refractivity contribution in [2.24, 2.45) is 9.98 Å². The lowest BCUT2D eigenvalue weighted by Gasteiger charge is -2.18. The molecule has 4 aromatic rings. The number of H-pyrrole nitrogens is 1. The maximum atomic E-state index is 6.47. The standard InChI is InChI=1S/C33H41Cl3N6O3/c1-4-5-6-7-8-9-10-11-12-13-20-43-28-19-18-26(35)21-27(28)37-22-45-33(2,3)38-23-44-32-29(36)31-40-39-30(42(31)41-32)24-14-16-25(34)17-15-24/h14-19,21-23,41H,4-13,20H2,1-3H3/b37-22?,38-23+. The quantitative estimate of drug-likeness (QED) is 0.0606. The number of unbranched alkanes of at least 4 members (excludes halogenated alkanes) is 9. The molecule has 0 fully saturated rings. The normalized spacial score (nSPS) is 12.1. The predicted molar refractivity (Wildman–Crippen MR) is 184 cm³/mol. The first-order valence-corrected chi connectivity index (χ1v) is 16.6. The van der Waals surface area contributed by atoms with Gasteiger partial charge in [-0.05, 0) is 62.7 Å². The zero-order valence-corrected chi connectivity index (χ0v) is 28.3. The Balaban J connectivity index is 1.25. The second-order valence-electron chi connectivity index (χ2n) is 11.2. The van der Waals surface area contributed by atoms with Crippen LogP contribution in [0, 0.1) is 0 Å². The summed E-state index contributed by atoms with van der Waals surface area (Å²) in [6.07, 6.45) is 15.3. The van der Waals surface area contributed by atoms with Gasteiger partial charge < -0.3 is 14.2 Å². The van der Waals surface area contributed by atoms with Crippen LogP contribution in [0.2, 0.25) is 15.1 Å². The number of nitrogens with zero attached hydrogens (tertiary/aromatic N) is 5. The van der Waals surface area contributed by atoms with Gasteiger partial charge in [-0.1, -0.05) is 99.5 Å². The number of aromatic nitrogens is 4. The van der Waals surface area contributed by atoms with Crippen LogP contribution in [0.5, 0.6) is 11.6 Å². The van der Waals surface area contributed by atoms with Crippen molar-refractivity contribution in [3.63, 3.8) is 0 Å². The van der Waals surface area contributed by atoms with Crippen LogP contribution in [-0.2, 0) is 4.74 Å². The molecule has 0 bridgehead atoms. The van der Waals surface area contributed by atoms with Crippen molar-refractivity contribution in [3.8, 4) is 23.0 Å². The van der Waals surface area contributed by atoms with Crippen LogP contribution in [0.25, 0.3) is 17.0 Å². The number of hydrogen-bond acceptors (Lipinski definition) is 7. The average Bonchev–Trinajstić information content (AvgIpc) is 3.56. The van der Waals surface area contributed by atoms with E-state index in [2.05, 4.69) is 32.2 Å². The van der Waals surface area contributed by atoms with Crippen molar-refractivity contribution in [3.05, 3.63) is 57.5 Å². The average molecular weight is 676 g/mol. The molecule has 4 rings (SSSR count). The molecule has 0 unspecified atom stereocenters. The van der Waals surface area contributed by atoms with Crippen LogP contribution in [0.3, 0.4) is 0 Å². The number of rotatable bonds is 19. The topological polar surface area (TPSA) is 98.4 Å². The molecule has 0 atom stereocenters. The third-order valence-corrected chi connectivity index (χ3v) is 7.95. The van der Waals surface area contributed by atoms with Gasteiger partial charge in [0, 0.05) is 15.6 Å². The Labute approximate surface area is 279 Å². The fourth-order valence-electron chi connectivity index (χ4n) is 4.58. The van der Waals surface area contributed by atoms with E-state index in [0.29, 0.717) is 39.6 Å². The summed E-state index contributed by atoms with van der Waals surface area (Å²) in [5.41, 5.74) is 0.817. The molecular weight excluding hydrogens is 635 g/mol. The number of halogens is 3. The van der Waals surface area contributed by atoms with Crippen molar-refractivity contribution in [2.75, 3.05) is 6.61 Å². The Morgan fingerprint density at radius 1 is 0.844 bits per heavy atom. The van der Waals surface area contributed by atoms with Gasteiger partial charge in [-0.15, -0.1) is 10.2 Å². The summed E-state index contributed by atoms with van der Waals surface area (Å²) in [7, 11) is 0. The van der Waals surface area contributed by atoms with E-state index in [4.69, 9.17) is 49.0 Å². The van der Waals surface area contributed by atoms with Crippen LogP contribution >= 0.6 is 34.8 Å². The first-order chi connectivity index (χ1) is 21.8. The maximum Gasteiger partial charge on any atom is 0.236 e. The fraction of sp³-hybridized carbons (Fsp3) is 0.455. The lowest BCUT2D eigenvalue weighted by Crippen LogP contribution is -2.21. The van der Waals surface area contributed by atoms with Crippen LogP contribution in [0.1, 0.15) is 85.0 Å². The van der Waals surface area contributed by atoms with Crippen molar-refractivity contribution in [2.45, 2.75) is 90.7 Å². The molecule has 0 aliphatic rings. The molecule has 242 valence electrons. The molecule has 12 heteroatoms. The SMILES string of the molecule is CCCCCCCCCCCCOc1ccc(Cl)cc1N=COC(C)(C)/N=C/Oc1[nH]n2c(-c3ccc(Cl)cc3)nnc2c1Cl. The lowest BCUT2D eigenvalue weighted by atomic mass is 10.1. The molecule has 9 nitrogen and oxygen atoms in total. The molecule has 2 aromatic carbocycles. The van der Waals surface area contributed by atoms with Crippen LogP contribution in [0.4, 0.5) is 5.69 Å². The molecule has 45 heavy (non-hydrogen) atoms. The molecule has 0 aliphatic carbocycles. The molecular formula is C33H41Cl3N6O3. The minimum absolute atomic E-state index is 0.258. The monoisotopic (exact) mass is 674 g/mol. The minimum atomic E-state index is -0.992. The predicted octanol–water partition coefficient (Wildman–Crippen LogP) is 10.5. The lowest BCUT2D eigenvalue weighted by molar-refractivity contribution is 0.114. The van der Waals surface area contributed by atoms with Gasteiger partial charge in [0.15, 0.2) is 30.0 Å². The minimum Gasteiger partial charge on any atom is -0.491 e. The highest BCUT2D eigenvalue weighted by molar-refractivity contribution is 6.35. The van der Waals surface area contributed by atoms with Gasteiger partial charge in [-0.25, -0.2) is 14.5 Å². The Morgan fingerprint density at radius 2 is 1.51 bits per heavy atom. The van der Waals surface area contributed by atoms with Gasteiger partial charge in [-0.3, -0.25) is 5.10 Å². The number of ether oxygens (including phenoxy) is 3. The third-order valence-electron chi connectivity index (χ3n) is 7.12. The molecule has 0 saturated carbocycles. The van der Waals surface area contributed by atoms with E-state index in [9.17, 15) is 0 Å². The molecule has 2 aromatic heterocycles. The van der Waals surface area contributed by atoms with Gasteiger partial charge in [0.1, 0.15) is 16.5 Å². The first-order valence-electron chi connectivity index (χ1n) is 15.5. The van der Waals surface area contributed by atoms with Crippen LogP contribution in [-0.4, -0.2) is 44.9 Å². The third kappa shape index (κ3) is 10.7. The number of aliphatic imine (C=N–C) groups is 2. The number of fused-ring (bicyclic) bond motifs is 1. The van der Waals surface area contributed by atoms with Crippen molar-refractivity contribution in [1.29, 1.82) is 0 Å².